The molecule has 1 unspecified atom stereocenters. The number of para-hydroxylation sites is 1. The van der Waals surface area contributed by atoms with Gasteiger partial charge in [0.15, 0.2) is 0 Å². The molecule has 1 aliphatic heterocycles. The summed E-state index contributed by atoms with van der Waals surface area (Å²) >= 11 is 0. The Morgan fingerprint density at radius 1 is 1.35 bits per heavy atom. The molecular formula is C15H20N2O3. The van der Waals surface area contributed by atoms with Crippen LogP contribution in [0.1, 0.15) is 18.4 Å². The highest BCUT2D eigenvalue weighted by molar-refractivity contribution is 5.93. The zero-order valence-corrected chi connectivity index (χ0v) is 11.9. The third-order valence-electron chi connectivity index (χ3n) is 3.63. The molecule has 1 aromatic carbocycles. The number of nitrogens with one attached hydrogen (secondary N) is 1. The molecule has 1 fully saturated rings. The average Bonchev–Trinajstić information content (AvgIpc) is 2.49. The highest BCUT2D eigenvalue weighted by Gasteiger charge is 2.28. The maximum Gasteiger partial charge on any atom is 0.409 e. The molecule has 0 radical (unpaired) electrons. The number of likely N-dealkylation sites (tertiary alicyclic amines) is 1. The second kappa shape index (κ2) is 6.41. The summed E-state index contributed by atoms with van der Waals surface area (Å²) < 4.78 is 4.71. The zero-order valence-electron chi connectivity index (χ0n) is 11.9. The van der Waals surface area contributed by atoms with E-state index in [0.717, 1.165) is 24.1 Å². The number of anilines is 1. The fraction of sp³-hybridized carbons (Fsp3) is 0.467. The van der Waals surface area contributed by atoms with Gasteiger partial charge in [-0.05, 0) is 31.4 Å². The molecule has 1 heterocycles. The molecule has 0 aromatic heterocycles. The Labute approximate surface area is 118 Å². The molecule has 1 aliphatic rings. The summed E-state index contributed by atoms with van der Waals surface area (Å²) in [6.07, 6.45) is 1.25. The van der Waals surface area contributed by atoms with Gasteiger partial charge >= 0.3 is 6.09 Å². The Kier molecular flexibility index (Phi) is 4.61. The van der Waals surface area contributed by atoms with E-state index in [-0.39, 0.29) is 17.9 Å². The van der Waals surface area contributed by atoms with E-state index in [0.29, 0.717) is 13.1 Å². The van der Waals surface area contributed by atoms with Crippen LogP contribution in [0.2, 0.25) is 0 Å². The molecular weight excluding hydrogens is 256 g/mol. The smallest absolute Gasteiger partial charge is 0.409 e. The van der Waals surface area contributed by atoms with Gasteiger partial charge in [0.2, 0.25) is 5.91 Å². The molecule has 0 bridgehead atoms. The van der Waals surface area contributed by atoms with Crippen molar-refractivity contribution >= 4 is 17.7 Å². The van der Waals surface area contributed by atoms with Crippen LogP contribution in [-0.4, -0.2) is 37.1 Å². The molecule has 5 nitrogen and oxygen atoms in total. The second-order valence-corrected chi connectivity index (χ2v) is 5.06. The number of rotatable bonds is 2. The quantitative estimate of drug-likeness (QED) is 0.902. The molecule has 1 N–H and O–H groups in total. The topological polar surface area (TPSA) is 58.6 Å². The van der Waals surface area contributed by atoms with Crippen LogP contribution >= 0.6 is 0 Å². The number of methoxy groups -OCH3 is 1. The van der Waals surface area contributed by atoms with Crippen LogP contribution in [0.4, 0.5) is 10.5 Å². The predicted molar refractivity (Wildman–Crippen MR) is 76.5 cm³/mol. The van der Waals surface area contributed by atoms with Crippen molar-refractivity contribution in [3.8, 4) is 0 Å². The lowest BCUT2D eigenvalue weighted by Gasteiger charge is -2.30. The molecule has 2 rings (SSSR count). The number of ether oxygens (including phenoxy) is 1. The Morgan fingerprint density at radius 2 is 2.10 bits per heavy atom. The van der Waals surface area contributed by atoms with E-state index in [1.807, 2.05) is 31.2 Å². The van der Waals surface area contributed by atoms with Crippen LogP contribution in [0.5, 0.6) is 0 Å². The third kappa shape index (κ3) is 3.29. The monoisotopic (exact) mass is 276 g/mol. The molecule has 1 atom stereocenters. The first-order valence-electron chi connectivity index (χ1n) is 6.81. The third-order valence-corrected chi connectivity index (χ3v) is 3.63. The summed E-state index contributed by atoms with van der Waals surface area (Å²) in [5.74, 6) is -0.213. The van der Waals surface area contributed by atoms with Gasteiger partial charge in [-0.25, -0.2) is 4.79 Å². The van der Waals surface area contributed by atoms with E-state index >= 15 is 0 Å². The first-order valence-corrected chi connectivity index (χ1v) is 6.81. The summed E-state index contributed by atoms with van der Waals surface area (Å²) in [4.78, 5) is 25.4. The van der Waals surface area contributed by atoms with Crippen molar-refractivity contribution in [1.29, 1.82) is 0 Å². The summed E-state index contributed by atoms with van der Waals surface area (Å²) in [5, 5.41) is 2.94. The van der Waals surface area contributed by atoms with Crippen molar-refractivity contribution in [2.24, 2.45) is 5.92 Å². The van der Waals surface area contributed by atoms with Gasteiger partial charge in [-0.15, -0.1) is 0 Å². The van der Waals surface area contributed by atoms with Crippen molar-refractivity contribution in [3.63, 3.8) is 0 Å². The lowest BCUT2D eigenvalue weighted by Crippen LogP contribution is -2.43. The van der Waals surface area contributed by atoms with Crippen LogP contribution in [0.25, 0.3) is 0 Å². The molecule has 0 spiro atoms. The normalized spacial score (nSPS) is 18.5. The number of amides is 2. The Hall–Kier alpha value is -2.04. The highest BCUT2D eigenvalue weighted by Crippen LogP contribution is 2.20. The first kappa shape index (κ1) is 14.4. The van der Waals surface area contributed by atoms with Crippen LogP contribution in [0, 0.1) is 12.8 Å². The van der Waals surface area contributed by atoms with E-state index < -0.39 is 0 Å². The number of carbonyl (C=O) groups excluding carboxylic acids is 2. The van der Waals surface area contributed by atoms with Gasteiger partial charge in [-0.3, -0.25) is 4.79 Å². The lowest BCUT2D eigenvalue weighted by molar-refractivity contribution is -0.121. The van der Waals surface area contributed by atoms with Gasteiger partial charge in [0, 0.05) is 18.8 Å². The van der Waals surface area contributed by atoms with Crippen molar-refractivity contribution < 1.29 is 14.3 Å². The van der Waals surface area contributed by atoms with Crippen molar-refractivity contribution in [2.75, 3.05) is 25.5 Å². The van der Waals surface area contributed by atoms with E-state index in [9.17, 15) is 9.59 Å². The van der Waals surface area contributed by atoms with Gasteiger partial charge in [0.1, 0.15) is 0 Å². The molecule has 108 valence electrons. The zero-order chi connectivity index (χ0) is 14.5. The minimum absolute atomic E-state index is 0.0343. The van der Waals surface area contributed by atoms with Crippen molar-refractivity contribution in [2.45, 2.75) is 19.8 Å². The molecule has 1 saturated heterocycles. The maximum atomic E-state index is 12.3. The summed E-state index contributed by atoms with van der Waals surface area (Å²) in [6, 6.07) is 7.67. The first-order chi connectivity index (χ1) is 9.61. The molecule has 0 saturated carbocycles. The minimum Gasteiger partial charge on any atom is -0.453 e. The van der Waals surface area contributed by atoms with Crippen molar-refractivity contribution in [3.05, 3.63) is 29.8 Å². The number of carbonyl (C=O) groups is 2. The fourth-order valence-electron chi connectivity index (χ4n) is 2.43. The predicted octanol–water partition coefficient (Wildman–Crippen LogP) is 2.41. The molecule has 5 heteroatoms. The Bertz CT molecular complexity index is 502. The van der Waals surface area contributed by atoms with Gasteiger partial charge in [0.05, 0.1) is 13.0 Å². The van der Waals surface area contributed by atoms with Crippen LogP contribution in [0.3, 0.4) is 0 Å². The van der Waals surface area contributed by atoms with Gasteiger partial charge in [-0.2, -0.15) is 0 Å². The summed E-state index contributed by atoms with van der Waals surface area (Å²) in [7, 11) is 1.36. The van der Waals surface area contributed by atoms with Gasteiger partial charge in [-0.1, -0.05) is 18.2 Å². The van der Waals surface area contributed by atoms with Crippen LogP contribution in [0.15, 0.2) is 24.3 Å². The van der Waals surface area contributed by atoms with Crippen molar-refractivity contribution in [1.82, 2.24) is 4.90 Å². The van der Waals surface area contributed by atoms with Gasteiger partial charge < -0.3 is 15.0 Å². The number of piperidine rings is 1. The summed E-state index contributed by atoms with van der Waals surface area (Å²) in [6.45, 7) is 3.03. The second-order valence-electron chi connectivity index (χ2n) is 5.06. The number of nitrogens with zero attached hydrogens (tertiary/aromatic N) is 1. The fourth-order valence-corrected chi connectivity index (χ4v) is 2.43. The highest BCUT2D eigenvalue weighted by atomic mass is 16.5. The Balaban J connectivity index is 1.99. The lowest BCUT2D eigenvalue weighted by atomic mass is 9.97. The van der Waals surface area contributed by atoms with E-state index in [4.69, 9.17) is 4.74 Å². The molecule has 1 aromatic rings. The Morgan fingerprint density at radius 3 is 2.80 bits per heavy atom. The maximum absolute atomic E-state index is 12.3. The van der Waals surface area contributed by atoms with E-state index in [1.54, 1.807) is 4.90 Å². The average molecular weight is 276 g/mol. The molecule has 20 heavy (non-hydrogen) atoms. The van der Waals surface area contributed by atoms with Gasteiger partial charge in [0.25, 0.3) is 0 Å². The summed E-state index contributed by atoms with van der Waals surface area (Å²) in [5.41, 5.74) is 1.86. The number of benzene rings is 1. The van der Waals surface area contributed by atoms with E-state index in [1.165, 1.54) is 7.11 Å². The number of hydrogen-bond acceptors (Lipinski definition) is 3. The largest absolute Gasteiger partial charge is 0.453 e. The number of hydrogen-bond donors (Lipinski definition) is 1. The standard InChI is InChI=1S/C15H20N2O3/c1-11-6-3-4-8-13(11)16-14(18)12-7-5-9-17(10-12)15(19)20-2/h3-4,6,8,12H,5,7,9-10H2,1-2H3,(H,16,18). The SMILES string of the molecule is COC(=O)N1CCCC(C(=O)Nc2ccccc2C)C1. The van der Waals surface area contributed by atoms with Crippen LogP contribution in [-0.2, 0) is 9.53 Å². The van der Waals surface area contributed by atoms with E-state index in [2.05, 4.69) is 5.32 Å². The minimum atomic E-state index is -0.363. The molecule has 2 amide bonds. The number of aryl methyl sites for hydroxylation is 1. The molecule has 0 aliphatic carbocycles. The van der Waals surface area contributed by atoms with Crippen LogP contribution < -0.4 is 5.32 Å².